The predicted molar refractivity (Wildman–Crippen MR) is 200 cm³/mol. The van der Waals surface area contributed by atoms with Crippen molar-refractivity contribution in [1.82, 2.24) is 5.32 Å². The lowest BCUT2D eigenvalue weighted by atomic mass is 9.93. The predicted octanol–water partition coefficient (Wildman–Crippen LogP) is 11.0. The molecule has 0 aliphatic carbocycles. The third-order valence-corrected chi connectivity index (χ3v) is 10.0. The van der Waals surface area contributed by atoms with Crippen LogP contribution < -0.4 is 5.32 Å². The van der Waals surface area contributed by atoms with E-state index in [0.29, 0.717) is 0 Å². The summed E-state index contributed by atoms with van der Waals surface area (Å²) in [5.41, 5.74) is 7.96. The minimum atomic E-state index is -0.334. The summed E-state index contributed by atoms with van der Waals surface area (Å²) in [6.45, 7) is 0. The Bertz CT molecular complexity index is 2490. The molecule has 2 heterocycles. The van der Waals surface area contributed by atoms with Gasteiger partial charge in [-0.15, -0.1) is 11.3 Å². The average molecular weight is 620 g/mol. The standard InChI is InChI=1S/C43H29N3S/c1-3-14-29(15-4-1)41-44-42(30-16-5-2-6-17-30)46-43(45-41)37-26-33(27-39-40(37)36-22-9-10-24-38(36)47-39)31-19-11-20-32(25-31)35-23-12-18-28-13-7-8-21-34(28)35/h1-27,43H,(H,44,45,46). The Hall–Kier alpha value is -5.84. The summed E-state index contributed by atoms with van der Waals surface area (Å²) in [6.07, 6.45) is -0.334. The summed E-state index contributed by atoms with van der Waals surface area (Å²) >= 11 is 1.84. The van der Waals surface area contributed by atoms with E-state index in [2.05, 4.69) is 145 Å². The minimum absolute atomic E-state index is 0.334. The average Bonchev–Trinajstić information content (AvgIpc) is 3.53. The summed E-state index contributed by atoms with van der Waals surface area (Å²) in [6, 6.07) is 58.1. The molecule has 4 heteroatoms. The molecule has 7 aromatic carbocycles. The van der Waals surface area contributed by atoms with E-state index in [1.807, 2.05) is 35.6 Å². The highest BCUT2D eigenvalue weighted by Gasteiger charge is 2.25. The molecular weight excluding hydrogens is 591 g/mol. The third-order valence-electron chi connectivity index (χ3n) is 8.92. The SMILES string of the molecule is c1ccc(C2=NC(c3cc(-c4cccc(-c5cccc6ccccc56)c4)cc4sc5ccccc5c34)NC(c3ccccc3)=N2)cc1. The van der Waals surface area contributed by atoms with Crippen LogP contribution >= 0.6 is 11.3 Å². The van der Waals surface area contributed by atoms with Gasteiger partial charge in [0.1, 0.15) is 12.0 Å². The van der Waals surface area contributed by atoms with E-state index < -0.39 is 0 Å². The van der Waals surface area contributed by atoms with Crippen LogP contribution in [0.5, 0.6) is 0 Å². The molecule has 9 rings (SSSR count). The maximum absolute atomic E-state index is 5.29. The monoisotopic (exact) mass is 619 g/mol. The number of rotatable bonds is 5. The van der Waals surface area contributed by atoms with Crippen molar-refractivity contribution in [2.75, 3.05) is 0 Å². The van der Waals surface area contributed by atoms with E-state index in [9.17, 15) is 0 Å². The lowest BCUT2D eigenvalue weighted by molar-refractivity contribution is 0.680. The van der Waals surface area contributed by atoms with Gasteiger partial charge in [-0.2, -0.15) is 0 Å². The largest absolute Gasteiger partial charge is 0.344 e. The first kappa shape index (κ1) is 27.5. The van der Waals surface area contributed by atoms with Crippen LogP contribution in [-0.4, -0.2) is 11.7 Å². The Kier molecular flexibility index (Phi) is 6.72. The molecular formula is C43H29N3S. The smallest absolute Gasteiger partial charge is 0.159 e. The summed E-state index contributed by atoms with van der Waals surface area (Å²) in [5, 5.41) is 8.73. The van der Waals surface area contributed by atoms with Crippen molar-refractivity contribution in [1.29, 1.82) is 0 Å². The second-order valence-corrected chi connectivity index (χ2v) is 12.9. The fraction of sp³-hybridized carbons (Fsp3) is 0.0233. The first-order chi connectivity index (χ1) is 23.3. The van der Waals surface area contributed by atoms with Gasteiger partial charge in [0.2, 0.25) is 0 Å². The van der Waals surface area contributed by atoms with Gasteiger partial charge in [-0.1, -0.05) is 140 Å². The van der Waals surface area contributed by atoms with Gasteiger partial charge in [0.15, 0.2) is 5.84 Å². The van der Waals surface area contributed by atoms with E-state index in [-0.39, 0.29) is 6.17 Å². The molecule has 0 saturated heterocycles. The number of fused-ring (bicyclic) bond motifs is 4. The summed E-state index contributed by atoms with van der Waals surface area (Å²) in [4.78, 5) is 10.3. The number of benzene rings is 7. The van der Waals surface area contributed by atoms with E-state index >= 15 is 0 Å². The number of nitrogens with one attached hydrogen (secondary N) is 1. The van der Waals surface area contributed by atoms with Crippen LogP contribution in [0.1, 0.15) is 22.9 Å². The Morgan fingerprint density at radius 2 is 1.15 bits per heavy atom. The van der Waals surface area contributed by atoms with E-state index in [0.717, 1.165) is 28.4 Å². The van der Waals surface area contributed by atoms with E-state index in [4.69, 9.17) is 9.98 Å². The van der Waals surface area contributed by atoms with Gasteiger partial charge >= 0.3 is 0 Å². The Labute approximate surface area is 277 Å². The molecule has 1 aliphatic heterocycles. The topological polar surface area (TPSA) is 36.8 Å². The fourth-order valence-corrected chi connectivity index (χ4v) is 7.86. The van der Waals surface area contributed by atoms with Gasteiger partial charge in [0.25, 0.3) is 0 Å². The van der Waals surface area contributed by atoms with Crippen LogP contribution in [0.15, 0.2) is 174 Å². The highest BCUT2D eigenvalue weighted by Crippen LogP contribution is 2.42. The molecule has 3 nitrogen and oxygen atoms in total. The zero-order valence-electron chi connectivity index (χ0n) is 25.5. The molecule has 0 spiro atoms. The Balaban J connectivity index is 1.24. The van der Waals surface area contributed by atoms with Gasteiger partial charge in [-0.25, -0.2) is 9.98 Å². The van der Waals surface area contributed by atoms with Crippen molar-refractivity contribution in [3.63, 3.8) is 0 Å². The van der Waals surface area contributed by atoms with E-state index in [1.54, 1.807) is 0 Å². The van der Waals surface area contributed by atoms with Crippen LogP contribution in [0.3, 0.4) is 0 Å². The van der Waals surface area contributed by atoms with Crippen molar-refractivity contribution < 1.29 is 0 Å². The molecule has 222 valence electrons. The minimum Gasteiger partial charge on any atom is -0.344 e. The normalized spacial score (nSPS) is 14.6. The lowest BCUT2D eigenvalue weighted by Crippen LogP contribution is -2.33. The number of hydrogen-bond donors (Lipinski definition) is 1. The fourth-order valence-electron chi connectivity index (χ4n) is 6.68. The molecule has 0 amide bonds. The second kappa shape index (κ2) is 11.5. The summed E-state index contributed by atoms with van der Waals surface area (Å²) in [7, 11) is 0. The van der Waals surface area contributed by atoms with Crippen LogP contribution in [0.4, 0.5) is 0 Å². The van der Waals surface area contributed by atoms with Crippen LogP contribution in [0.25, 0.3) is 53.2 Å². The maximum atomic E-state index is 5.29. The molecule has 8 aromatic rings. The molecule has 0 radical (unpaired) electrons. The number of aliphatic imine (C=N–C) groups is 2. The molecule has 47 heavy (non-hydrogen) atoms. The van der Waals surface area contributed by atoms with Gasteiger partial charge < -0.3 is 5.32 Å². The van der Waals surface area contributed by atoms with Crippen molar-refractivity contribution in [3.05, 3.63) is 180 Å². The number of nitrogens with zero attached hydrogens (tertiary/aromatic N) is 2. The quantitative estimate of drug-likeness (QED) is 0.204. The van der Waals surface area contributed by atoms with Gasteiger partial charge in [0.05, 0.1) is 0 Å². The van der Waals surface area contributed by atoms with Crippen molar-refractivity contribution in [2.45, 2.75) is 6.17 Å². The highest BCUT2D eigenvalue weighted by molar-refractivity contribution is 7.25. The van der Waals surface area contributed by atoms with Gasteiger partial charge in [0, 0.05) is 36.9 Å². The molecule has 1 aliphatic rings. The molecule has 1 unspecified atom stereocenters. The Morgan fingerprint density at radius 1 is 0.489 bits per heavy atom. The third kappa shape index (κ3) is 5.00. The molecule has 1 atom stereocenters. The van der Waals surface area contributed by atoms with Crippen LogP contribution in [0.2, 0.25) is 0 Å². The van der Waals surface area contributed by atoms with Crippen LogP contribution in [0, 0.1) is 0 Å². The lowest BCUT2D eigenvalue weighted by Gasteiger charge is -2.25. The second-order valence-electron chi connectivity index (χ2n) is 11.8. The molecule has 0 saturated carbocycles. The zero-order chi connectivity index (χ0) is 31.2. The highest BCUT2D eigenvalue weighted by atomic mass is 32.1. The first-order valence-electron chi connectivity index (χ1n) is 15.9. The summed E-state index contributed by atoms with van der Waals surface area (Å²) < 4.78 is 2.52. The molecule has 1 aromatic heterocycles. The number of thiophene rings is 1. The molecule has 0 bridgehead atoms. The maximum Gasteiger partial charge on any atom is 0.159 e. The van der Waals surface area contributed by atoms with E-state index in [1.165, 1.54) is 53.2 Å². The summed E-state index contributed by atoms with van der Waals surface area (Å²) in [5.74, 6) is 1.55. The van der Waals surface area contributed by atoms with Crippen molar-refractivity contribution in [2.24, 2.45) is 9.98 Å². The van der Waals surface area contributed by atoms with Crippen LogP contribution in [-0.2, 0) is 0 Å². The molecule has 1 N–H and O–H groups in total. The van der Waals surface area contributed by atoms with Gasteiger partial charge in [-0.05, 0) is 57.3 Å². The Morgan fingerprint density at radius 3 is 2.00 bits per heavy atom. The van der Waals surface area contributed by atoms with Crippen molar-refractivity contribution >= 4 is 54.0 Å². The van der Waals surface area contributed by atoms with Gasteiger partial charge in [-0.3, -0.25) is 0 Å². The van der Waals surface area contributed by atoms with Crippen molar-refractivity contribution in [3.8, 4) is 22.3 Å². The zero-order valence-corrected chi connectivity index (χ0v) is 26.3. The molecule has 0 fully saturated rings. The number of amidine groups is 2. The first-order valence-corrected chi connectivity index (χ1v) is 16.7. The number of hydrogen-bond acceptors (Lipinski definition) is 4.